The molecule has 5 heteroatoms. The van der Waals surface area contributed by atoms with Crippen LogP contribution < -0.4 is 0 Å². The van der Waals surface area contributed by atoms with Gasteiger partial charge in [0.1, 0.15) is 0 Å². The highest BCUT2D eigenvalue weighted by molar-refractivity contribution is 5.92. The van der Waals surface area contributed by atoms with E-state index in [0.717, 1.165) is 30.6 Å². The number of carbonyl (C=O) groups is 1. The fourth-order valence-electron chi connectivity index (χ4n) is 2.75. The molecule has 0 spiro atoms. The Labute approximate surface area is 129 Å². The molecule has 2 aromatic rings. The van der Waals surface area contributed by atoms with Crippen molar-refractivity contribution in [1.29, 1.82) is 0 Å². The second kappa shape index (κ2) is 6.58. The molecule has 1 fully saturated rings. The van der Waals surface area contributed by atoms with Crippen LogP contribution in [0.4, 0.5) is 0 Å². The molecule has 22 heavy (non-hydrogen) atoms. The van der Waals surface area contributed by atoms with Crippen LogP contribution in [0.3, 0.4) is 0 Å². The molecule has 1 aliphatic rings. The minimum absolute atomic E-state index is 0.0271. The van der Waals surface area contributed by atoms with E-state index >= 15 is 0 Å². The van der Waals surface area contributed by atoms with Gasteiger partial charge in [0.15, 0.2) is 0 Å². The van der Waals surface area contributed by atoms with Gasteiger partial charge in [-0.25, -0.2) is 4.98 Å². The number of aromatic nitrogens is 2. The summed E-state index contributed by atoms with van der Waals surface area (Å²) < 4.78 is 1.93. The molecule has 3 rings (SSSR count). The van der Waals surface area contributed by atoms with Gasteiger partial charge >= 0.3 is 0 Å². The van der Waals surface area contributed by atoms with E-state index in [1.165, 1.54) is 0 Å². The first-order valence-corrected chi connectivity index (χ1v) is 7.46. The van der Waals surface area contributed by atoms with Gasteiger partial charge in [-0.3, -0.25) is 4.79 Å². The van der Waals surface area contributed by atoms with Gasteiger partial charge in [-0.2, -0.15) is 0 Å². The van der Waals surface area contributed by atoms with Crippen LogP contribution in [-0.2, 0) is 4.79 Å². The number of rotatable bonds is 4. The van der Waals surface area contributed by atoms with E-state index in [1.807, 2.05) is 41.1 Å². The second-order valence-corrected chi connectivity index (χ2v) is 5.41. The van der Waals surface area contributed by atoms with Crippen LogP contribution in [0, 0.1) is 0 Å². The standard InChI is InChI=1S/C17H19N3O2/c21-12-16-2-1-10-20(16)17(22)8-5-14-3-6-15(7-4-14)19-11-9-18-13-19/h3-9,11,13,16,21H,1-2,10,12H2/b8-5+/t16-/m1/s1. The maximum atomic E-state index is 12.2. The number of benzene rings is 1. The van der Waals surface area contributed by atoms with E-state index < -0.39 is 0 Å². The van der Waals surface area contributed by atoms with Crippen molar-refractivity contribution in [3.8, 4) is 5.69 Å². The Balaban J connectivity index is 1.66. The highest BCUT2D eigenvalue weighted by Gasteiger charge is 2.26. The van der Waals surface area contributed by atoms with E-state index in [9.17, 15) is 9.90 Å². The lowest BCUT2D eigenvalue weighted by atomic mass is 10.2. The van der Waals surface area contributed by atoms with Crippen LogP contribution in [0.25, 0.3) is 11.8 Å². The molecule has 2 heterocycles. The summed E-state index contributed by atoms with van der Waals surface area (Å²) in [6.07, 6.45) is 10.6. The molecule has 0 saturated carbocycles. The second-order valence-electron chi connectivity index (χ2n) is 5.41. The van der Waals surface area contributed by atoms with Gasteiger partial charge in [-0.05, 0) is 36.6 Å². The molecule has 1 aromatic heterocycles. The normalized spacial score (nSPS) is 18.2. The maximum absolute atomic E-state index is 12.2. The lowest BCUT2D eigenvalue weighted by Gasteiger charge is -2.21. The highest BCUT2D eigenvalue weighted by Crippen LogP contribution is 2.17. The fraction of sp³-hybridized carbons (Fsp3) is 0.294. The lowest BCUT2D eigenvalue weighted by molar-refractivity contribution is -0.127. The van der Waals surface area contributed by atoms with Gasteiger partial charge < -0.3 is 14.6 Å². The summed E-state index contributed by atoms with van der Waals surface area (Å²) in [4.78, 5) is 17.9. The maximum Gasteiger partial charge on any atom is 0.246 e. The molecule has 1 aromatic carbocycles. The Hall–Kier alpha value is -2.40. The quantitative estimate of drug-likeness (QED) is 0.877. The third kappa shape index (κ3) is 3.09. The van der Waals surface area contributed by atoms with Gasteiger partial charge in [-0.1, -0.05) is 12.1 Å². The van der Waals surface area contributed by atoms with E-state index in [4.69, 9.17) is 0 Å². The first-order chi connectivity index (χ1) is 10.8. The monoisotopic (exact) mass is 297 g/mol. The number of aliphatic hydroxyl groups excluding tert-OH is 1. The number of hydrogen-bond donors (Lipinski definition) is 1. The average Bonchev–Trinajstić information content (AvgIpc) is 3.24. The van der Waals surface area contributed by atoms with Crippen molar-refractivity contribution in [2.24, 2.45) is 0 Å². The molecule has 0 bridgehead atoms. The molecule has 5 nitrogen and oxygen atoms in total. The highest BCUT2D eigenvalue weighted by atomic mass is 16.3. The number of likely N-dealkylation sites (tertiary alicyclic amines) is 1. The van der Waals surface area contributed by atoms with E-state index in [1.54, 1.807) is 23.5 Å². The van der Waals surface area contributed by atoms with Crippen molar-refractivity contribution in [3.05, 3.63) is 54.6 Å². The molecule has 1 saturated heterocycles. The number of nitrogens with zero attached hydrogens (tertiary/aromatic N) is 3. The van der Waals surface area contributed by atoms with Crippen LogP contribution >= 0.6 is 0 Å². The van der Waals surface area contributed by atoms with Crippen LogP contribution in [0.1, 0.15) is 18.4 Å². The summed E-state index contributed by atoms with van der Waals surface area (Å²) in [5.41, 5.74) is 2.00. The van der Waals surface area contributed by atoms with Crippen LogP contribution in [-0.4, -0.2) is 44.7 Å². The van der Waals surface area contributed by atoms with Crippen molar-refractivity contribution in [1.82, 2.24) is 14.5 Å². The molecular formula is C17H19N3O2. The molecule has 0 unspecified atom stereocenters. The van der Waals surface area contributed by atoms with E-state index in [0.29, 0.717) is 0 Å². The molecule has 1 aliphatic heterocycles. The number of carbonyl (C=O) groups excluding carboxylic acids is 1. The van der Waals surface area contributed by atoms with Gasteiger partial charge in [-0.15, -0.1) is 0 Å². The van der Waals surface area contributed by atoms with E-state index in [-0.39, 0.29) is 18.6 Å². The number of aliphatic hydroxyl groups is 1. The van der Waals surface area contributed by atoms with Crippen LogP contribution in [0.15, 0.2) is 49.1 Å². The summed E-state index contributed by atoms with van der Waals surface area (Å²) in [6.45, 7) is 0.771. The van der Waals surface area contributed by atoms with Crippen LogP contribution in [0.5, 0.6) is 0 Å². The summed E-state index contributed by atoms with van der Waals surface area (Å²) in [7, 11) is 0. The van der Waals surface area contributed by atoms with E-state index in [2.05, 4.69) is 4.98 Å². The predicted octanol–water partition coefficient (Wildman–Crippen LogP) is 1.87. The van der Waals surface area contributed by atoms with Crippen molar-refractivity contribution in [2.75, 3.05) is 13.2 Å². The molecule has 1 atom stereocenters. The summed E-state index contributed by atoms with van der Waals surface area (Å²) in [5.74, 6) is -0.0322. The van der Waals surface area contributed by atoms with Gasteiger partial charge in [0.2, 0.25) is 5.91 Å². The Morgan fingerprint density at radius 2 is 2.18 bits per heavy atom. The summed E-state index contributed by atoms with van der Waals surface area (Å²) >= 11 is 0. The third-order valence-electron chi connectivity index (χ3n) is 3.98. The summed E-state index contributed by atoms with van der Waals surface area (Å²) in [5, 5.41) is 9.27. The van der Waals surface area contributed by atoms with Crippen molar-refractivity contribution in [2.45, 2.75) is 18.9 Å². The number of amides is 1. The lowest BCUT2D eigenvalue weighted by Crippen LogP contribution is -2.36. The Morgan fingerprint density at radius 3 is 2.86 bits per heavy atom. The zero-order valence-corrected chi connectivity index (χ0v) is 12.3. The largest absolute Gasteiger partial charge is 0.394 e. The molecule has 1 N–H and O–H groups in total. The third-order valence-corrected chi connectivity index (χ3v) is 3.98. The van der Waals surface area contributed by atoms with Crippen molar-refractivity contribution in [3.63, 3.8) is 0 Å². The smallest absolute Gasteiger partial charge is 0.246 e. The summed E-state index contributed by atoms with van der Waals surface area (Å²) in [6, 6.07) is 7.87. The van der Waals surface area contributed by atoms with Gasteiger partial charge in [0, 0.05) is 30.7 Å². The molecular weight excluding hydrogens is 278 g/mol. The molecule has 1 amide bonds. The Bertz CT molecular complexity index is 647. The number of imidazole rings is 1. The Kier molecular flexibility index (Phi) is 4.34. The average molecular weight is 297 g/mol. The molecule has 0 aliphatic carbocycles. The zero-order chi connectivity index (χ0) is 15.4. The first kappa shape index (κ1) is 14.5. The number of hydrogen-bond acceptors (Lipinski definition) is 3. The SMILES string of the molecule is O=C(/C=C/c1ccc(-n2ccnc2)cc1)N1CCC[C@@H]1CO. The Morgan fingerprint density at radius 1 is 1.36 bits per heavy atom. The molecule has 114 valence electrons. The van der Waals surface area contributed by atoms with Gasteiger partial charge in [0.25, 0.3) is 0 Å². The van der Waals surface area contributed by atoms with Crippen molar-refractivity contribution >= 4 is 12.0 Å². The minimum Gasteiger partial charge on any atom is -0.394 e. The van der Waals surface area contributed by atoms with Crippen molar-refractivity contribution < 1.29 is 9.90 Å². The fourth-order valence-corrected chi connectivity index (χ4v) is 2.75. The topological polar surface area (TPSA) is 58.4 Å². The first-order valence-electron chi connectivity index (χ1n) is 7.46. The zero-order valence-electron chi connectivity index (χ0n) is 12.3. The minimum atomic E-state index is -0.0322. The molecule has 0 radical (unpaired) electrons. The van der Waals surface area contributed by atoms with Crippen LogP contribution in [0.2, 0.25) is 0 Å². The van der Waals surface area contributed by atoms with Gasteiger partial charge in [0.05, 0.1) is 19.0 Å². The predicted molar refractivity (Wildman–Crippen MR) is 84.4 cm³/mol.